The molecule has 0 radical (unpaired) electrons. The minimum atomic E-state index is 0.208. The summed E-state index contributed by atoms with van der Waals surface area (Å²) in [5, 5.41) is 14.3. The number of benzene rings is 2. The molecule has 0 spiro atoms. The summed E-state index contributed by atoms with van der Waals surface area (Å²) >= 11 is 12.3. The van der Waals surface area contributed by atoms with Crippen LogP contribution in [0.15, 0.2) is 37.1 Å². The van der Waals surface area contributed by atoms with E-state index in [1.807, 2.05) is 32.2 Å². The lowest BCUT2D eigenvalue weighted by Crippen LogP contribution is -2.59. The van der Waals surface area contributed by atoms with Gasteiger partial charge in [-0.2, -0.15) is 5.26 Å². The van der Waals surface area contributed by atoms with Crippen molar-refractivity contribution in [3.05, 3.63) is 63.9 Å². The highest BCUT2D eigenvalue weighted by molar-refractivity contribution is 6.35. The first-order chi connectivity index (χ1) is 18.8. The van der Waals surface area contributed by atoms with Crippen LogP contribution in [0.2, 0.25) is 10.2 Å². The minimum absolute atomic E-state index is 0.208. The molecule has 2 aromatic carbocycles. The molecule has 2 aliphatic rings. The number of rotatable bonds is 4. The molecule has 3 heterocycles. The van der Waals surface area contributed by atoms with E-state index in [1.54, 1.807) is 6.33 Å². The molecular weight excluding hydrogens is 537 g/mol. The van der Waals surface area contributed by atoms with Crippen LogP contribution in [0.3, 0.4) is 0 Å². The lowest BCUT2D eigenvalue weighted by atomic mass is 9.73. The number of aromatic amines is 1. The Labute approximate surface area is 236 Å². The summed E-state index contributed by atoms with van der Waals surface area (Å²) in [5.41, 5.74) is 6.09. The van der Waals surface area contributed by atoms with Gasteiger partial charge in [-0.1, -0.05) is 29.3 Å². The maximum atomic E-state index is 10.0. The van der Waals surface area contributed by atoms with Crippen molar-refractivity contribution in [2.24, 2.45) is 0 Å². The van der Waals surface area contributed by atoms with Gasteiger partial charge < -0.3 is 15.0 Å². The number of hydrogen-bond donors (Lipinski definition) is 2. The molecule has 11 heteroatoms. The predicted molar refractivity (Wildman–Crippen MR) is 152 cm³/mol. The summed E-state index contributed by atoms with van der Waals surface area (Å²) in [6.07, 6.45) is 7.28. The van der Waals surface area contributed by atoms with Crippen molar-refractivity contribution >= 4 is 40.6 Å². The van der Waals surface area contributed by atoms with Gasteiger partial charge in [0.1, 0.15) is 23.8 Å². The largest absolute Gasteiger partial charge is 0.490 e. The fraction of sp³-hybridized carbons (Fsp3) is 0.357. The number of aryl methyl sites for hydroxylation is 1. The lowest BCUT2D eigenvalue weighted by Gasteiger charge is -2.49. The Kier molecular flexibility index (Phi) is 7.65. The molecule has 0 atom stereocenters. The molecule has 2 N–H and O–H groups in total. The highest BCUT2D eigenvalue weighted by Gasteiger charge is 2.42. The standard InChI is InChI=1S/C24H26ClN5O.C4H3ClN2O/c1-14-4-5-18-22(29-13-28-18)19(14)20-15(11-26)8-16-12-30(6-7-31-23(16)21(20)25)17-9-24(2,10-17)27-3;5-4-1-7(3-8)2-6-4/h4-5,8,13,17,27H,6-7,9-10,12H2,1-3H3,(H,28,29);1-3H. The van der Waals surface area contributed by atoms with Gasteiger partial charge in [0, 0.05) is 41.4 Å². The van der Waals surface area contributed by atoms with E-state index < -0.39 is 0 Å². The average molecular weight is 566 g/mol. The van der Waals surface area contributed by atoms with Crippen LogP contribution in [-0.4, -0.2) is 62.6 Å². The SMILES string of the molecule is CNC1(C)CC(N2CCOc3c(cc(C#N)c(-c4c(C)ccc5[nH]cnc45)c3Cl)C2)C1.O=Cn1cnc(Cl)c1. The Balaban J connectivity index is 0.000000332. The summed E-state index contributed by atoms with van der Waals surface area (Å²) in [7, 11) is 2.03. The van der Waals surface area contributed by atoms with Crippen molar-refractivity contribution in [1.29, 1.82) is 5.26 Å². The second kappa shape index (κ2) is 11.0. The molecule has 0 unspecified atom stereocenters. The zero-order chi connectivity index (χ0) is 27.7. The number of carbonyl (C=O) groups excluding carboxylic acids is 1. The van der Waals surface area contributed by atoms with Crippen LogP contribution in [-0.2, 0) is 11.3 Å². The van der Waals surface area contributed by atoms with Crippen molar-refractivity contribution in [3.63, 3.8) is 0 Å². The summed E-state index contributed by atoms with van der Waals surface area (Å²) in [4.78, 5) is 23.6. The fourth-order valence-electron chi connectivity index (χ4n) is 5.40. The van der Waals surface area contributed by atoms with Crippen molar-refractivity contribution < 1.29 is 9.53 Å². The van der Waals surface area contributed by atoms with Crippen molar-refractivity contribution in [2.45, 2.75) is 44.8 Å². The molecule has 0 amide bonds. The molecule has 9 nitrogen and oxygen atoms in total. The van der Waals surface area contributed by atoms with Crippen LogP contribution in [0.1, 0.15) is 36.5 Å². The minimum Gasteiger partial charge on any atom is -0.490 e. The number of imidazole rings is 2. The number of halogens is 2. The van der Waals surface area contributed by atoms with Crippen molar-refractivity contribution in [2.75, 3.05) is 20.2 Å². The predicted octanol–water partition coefficient (Wildman–Crippen LogP) is 4.97. The lowest BCUT2D eigenvalue weighted by molar-refractivity contribution is 0.0407. The first-order valence-corrected chi connectivity index (χ1v) is 13.4. The van der Waals surface area contributed by atoms with E-state index in [1.165, 1.54) is 17.1 Å². The Hall–Kier alpha value is -3.42. The number of H-pyrrole nitrogens is 1. The van der Waals surface area contributed by atoms with Crippen LogP contribution < -0.4 is 10.1 Å². The second-order valence-electron chi connectivity index (χ2n) is 10.2. The first-order valence-electron chi connectivity index (χ1n) is 12.7. The molecule has 0 saturated heterocycles. The Morgan fingerprint density at radius 1 is 1.28 bits per heavy atom. The molecule has 1 saturated carbocycles. The van der Waals surface area contributed by atoms with E-state index in [2.05, 4.69) is 38.2 Å². The summed E-state index contributed by atoms with van der Waals surface area (Å²) in [5.74, 6) is 0.695. The summed E-state index contributed by atoms with van der Waals surface area (Å²) in [6.45, 7) is 6.45. The number of aromatic nitrogens is 4. The van der Waals surface area contributed by atoms with Gasteiger partial charge in [0.15, 0.2) is 0 Å². The third-order valence-electron chi connectivity index (χ3n) is 7.65. The Morgan fingerprint density at radius 2 is 2.08 bits per heavy atom. The maximum absolute atomic E-state index is 10.0. The molecule has 1 aliphatic heterocycles. The first kappa shape index (κ1) is 27.2. The molecule has 202 valence electrons. The second-order valence-corrected chi connectivity index (χ2v) is 11.0. The van der Waals surface area contributed by atoms with Crippen LogP contribution in [0.4, 0.5) is 0 Å². The van der Waals surface area contributed by atoms with Gasteiger partial charge in [-0.15, -0.1) is 0 Å². The number of nitriles is 1. The Bertz CT molecular complexity index is 1570. The molecule has 39 heavy (non-hydrogen) atoms. The van der Waals surface area contributed by atoms with Gasteiger partial charge in [-0.05, 0) is 51.4 Å². The number of nitrogens with zero attached hydrogens (tertiary/aromatic N) is 5. The number of nitrogens with one attached hydrogen (secondary N) is 2. The van der Waals surface area contributed by atoms with Gasteiger partial charge in [0.05, 0.1) is 40.2 Å². The number of hydrogen-bond acceptors (Lipinski definition) is 7. The number of carbonyl (C=O) groups is 1. The molecule has 1 fully saturated rings. The van der Waals surface area contributed by atoms with Crippen LogP contribution in [0.25, 0.3) is 22.2 Å². The Morgan fingerprint density at radius 3 is 2.72 bits per heavy atom. The number of fused-ring (bicyclic) bond motifs is 2. The van der Waals surface area contributed by atoms with Gasteiger partial charge in [0.25, 0.3) is 0 Å². The van der Waals surface area contributed by atoms with E-state index in [-0.39, 0.29) is 5.54 Å². The monoisotopic (exact) mass is 565 g/mol. The summed E-state index contributed by atoms with van der Waals surface area (Å²) < 4.78 is 7.41. The number of ether oxygens (including phenoxy) is 1. The van der Waals surface area contributed by atoms with Crippen LogP contribution >= 0.6 is 23.2 Å². The smallest absolute Gasteiger partial charge is 0.219 e. The van der Waals surface area contributed by atoms with E-state index in [9.17, 15) is 10.1 Å². The fourth-order valence-corrected chi connectivity index (χ4v) is 5.93. The molecule has 6 rings (SSSR count). The molecule has 1 aliphatic carbocycles. The van der Waals surface area contributed by atoms with Gasteiger partial charge in [-0.3, -0.25) is 14.3 Å². The third-order valence-corrected chi connectivity index (χ3v) is 8.21. The van der Waals surface area contributed by atoms with E-state index in [4.69, 9.17) is 27.9 Å². The molecule has 0 bridgehead atoms. The molecule has 2 aromatic heterocycles. The van der Waals surface area contributed by atoms with Crippen molar-refractivity contribution in [3.8, 4) is 22.9 Å². The maximum Gasteiger partial charge on any atom is 0.219 e. The quantitative estimate of drug-likeness (QED) is 0.336. The van der Waals surface area contributed by atoms with Crippen LogP contribution in [0, 0.1) is 18.3 Å². The molecule has 4 aromatic rings. The van der Waals surface area contributed by atoms with E-state index in [0.29, 0.717) is 46.1 Å². The zero-order valence-electron chi connectivity index (χ0n) is 22.0. The molecular formula is C28H29Cl2N7O2. The average Bonchev–Trinajstić information content (AvgIpc) is 3.51. The summed E-state index contributed by atoms with van der Waals surface area (Å²) in [6, 6.07) is 8.86. The van der Waals surface area contributed by atoms with Gasteiger partial charge >= 0.3 is 0 Å². The van der Waals surface area contributed by atoms with Gasteiger partial charge in [-0.25, -0.2) is 9.97 Å². The van der Waals surface area contributed by atoms with Crippen molar-refractivity contribution in [1.82, 2.24) is 29.7 Å². The van der Waals surface area contributed by atoms with Gasteiger partial charge in [0.2, 0.25) is 6.41 Å². The third kappa shape index (κ3) is 5.25. The topological polar surface area (TPSA) is 112 Å². The van der Waals surface area contributed by atoms with E-state index >= 15 is 0 Å². The highest BCUT2D eigenvalue weighted by Crippen LogP contribution is 2.45. The zero-order valence-corrected chi connectivity index (χ0v) is 23.5. The van der Waals surface area contributed by atoms with E-state index in [0.717, 1.165) is 53.7 Å². The van der Waals surface area contributed by atoms with Crippen LogP contribution in [0.5, 0.6) is 5.75 Å². The highest BCUT2D eigenvalue weighted by atomic mass is 35.5. The normalized spacial score (nSPS) is 20.6.